The van der Waals surface area contributed by atoms with Gasteiger partial charge in [0.1, 0.15) is 16.9 Å². The summed E-state index contributed by atoms with van der Waals surface area (Å²) in [5, 5.41) is 12.3. The first kappa shape index (κ1) is 15.7. The highest BCUT2D eigenvalue weighted by Crippen LogP contribution is 2.22. The maximum Gasteiger partial charge on any atom is 0.146 e. The zero-order valence-electron chi connectivity index (χ0n) is 11.0. The lowest BCUT2D eigenvalue weighted by atomic mass is 10.3. The number of ether oxygens (including phenoxy) is 2. The van der Waals surface area contributed by atoms with Crippen molar-refractivity contribution in [2.24, 2.45) is 0 Å². The summed E-state index contributed by atoms with van der Waals surface area (Å²) in [6.07, 6.45) is 3.47. The minimum atomic E-state index is 0.376. The first-order valence-electron chi connectivity index (χ1n) is 6.14. The molecule has 0 aliphatic carbocycles. The number of nitriles is 1. The SMILES string of the molecule is COCCOCCCCNc1nccc(C#N)c1Cl. The zero-order valence-corrected chi connectivity index (χ0v) is 11.7. The van der Waals surface area contributed by atoms with Crippen LogP contribution < -0.4 is 5.32 Å². The van der Waals surface area contributed by atoms with Gasteiger partial charge >= 0.3 is 0 Å². The van der Waals surface area contributed by atoms with Crippen molar-refractivity contribution < 1.29 is 9.47 Å². The highest BCUT2D eigenvalue weighted by molar-refractivity contribution is 6.34. The van der Waals surface area contributed by atoms with E-state index in [-0.39, 0.29) is 0 Å². The third-order valence-electron chi connectivity index (χ3n) is 2.45. The van der Waals surface area contributed by atoms with Gasteiger partial charge in [-0.3, -0.25) is 0 Å². The molecule has 0 atom stereocenters. The Morgan fingerprint density at radius 3 is 2.95 bits per heavy atom. The molecule has 1 heterocycles. The number of anilines is 1. The van der Waals surface area contributed by atoms with Crippen LogP contribution in [0.3, 0.4) is 0 Å². The largest absolute Gasteiger partial charge is 0.382 e. The third-order valence-corrected chi connectivity index (χ3v) is 2.83. The summed E-state index contributed by atoms with van der Waals surface area (Å²) >= 11 is 6.02. The van der Waals surface area contributed by atoms with E-state index in [1.54, 1.807) is 19.4 Å². The smallest absolute Gasteiger partial charge is 0.146 e. The van der Waals surface area contributed by atoms with Gasteiger partial charge in [-0.05, 0) is 18.9 Å². The van der Waals surface area contributed by atoms with Crippen molar-refractivity contribution >= 4 is 17.4 Å². The van der Waals surface area contributed by atoms with Crippen molar-refractivity contribution in [1.29, 1.82) is 5.26 Å². The number of rotatable bonds is 9. The monoisotopic (exact) mass is 283 g/mol. The van der Waals surface area contributed by atoms with E-state index in [4.69, 9.17) is 26.3 Å². The number of halogens is 1. The molecule has 0 aliphatic heterocycles. The molecule has 0 saturated heterocycles. The fourth-order valence-corrected chi connectivity index (χ4v) is 1.65. The summed E-state index contributed by atoms with van der Waals surface area (Å²) in [4.78, 5) is 4.10. The van der Waals surface area contributed by atoms with Gasteiger partial charge in [-0.1, -0.05) is 11.6 Å². The molecular weight excluding hydrogens is 266 g/mol. The highest BCUT2D eigenvalue weighted by Gasteiger charge is 2.05. The van der Waals surface area contributed by atoms with Crippen molar-refractivity contribution in [3.05, 3.63) is 22.8 Å². The van der Waals surface area contributed by atoms with Gasteiger partial charge in [0.05, 0.1) is 18.8 Å². The number of nitrogens with zero attached hydrogens (tertiary/aromatic N) is 2. The van der Waals surface area contributed by atoms with Gasteiger partial charge in [-0.15, -0.1) is 0 Å². The summed E-state index contributed by atoms with van der Waals surface area (Å²) in [7, 11) is 1.65. The molecule has 0 fully saturated rings. The summed E-state index contributed by atoms with van der Waals surface area (Å²) in [6, 6.07) is 3.62. The van der Waals surface area contributed by atoms with E-state index in [9.17, 15) is 0 Å². The molecule has 1 aromatic rings. The van der Waals surface area contributed by atoms with Gasteiger partial charge in [0.15, 0.2) is 0 Å². The Morgan fingerprint density at radius 1 is 1.37 bits per heavy atom. The molecule has 5 nitrogen and oxygen atoms in total. The Kier molecular flexibility index (Phi) is 7.91. The highest BCUT2D eigenvalue weighted by atomic mass is 35.5. The third kappa shape index (κ3) is 5.88. The van der Waals surface area contributed by atoms with Crippen LogP contribution in [0.4, 0.5) is 5.82 Å². The molecule has 1 aromatic heterocycles. The van der Waals surface area contributed by atoms with E-state index >= 15 is 0 Å². The number of unbranched alkanes of at least 4 members (excludes halogenated alkanes) is 1. The molecule has 1 N–H and O–H groups in total. The Morgan fingerprint density at radius 2 is 2.21 bits per heavy atom. The van der Waals surface area contributed by atoms with Crippen LogP contribution >= 0.6 is 11.6 Å². The van der Waals surface area contributed by atoms with Crippen LogP contribution in [0.1, 0.15) is 18.4 Å². The fourth-order valence-electron chi connectivity index (χ4n) is 1.43. The fraction of sp³-hybridized carbons (Fsp3) is 0.538. The lowest BCUT2D eigenvalue weighted by Crippen LogP contribution is -2.07. The minimum absolute atomic E-state index is 0.376. The molecule has 0 aliphatic rings. The molecule has 6 heteroatoms. The van der Waals surface area contributed by atoms with Crippen LogP contribution in [-0.4, -0.2) is 38.5 Å². The predicted molar refractivity (Wildman–Crippen MR) is 74.4 cm³/mol. The van der Waals surface area contributed by atoms with Crippen LogP contribution in [0.15, 0.2) is 12.3 Å². The Labute approximate surface area is 118 Å². The average Bonchev–Trinajstić information content (AvgIpc) is 2.43. The number of aromatic nitrogens is 1. The van der Waals surface area contributed by atoms with Crippen molar-refractivity contribution in [2.45, 2.75) is 12.8 Å². The molecule has 0 saturated carbocycles. The van der Waals surface area contributed by atoms with Crippen LogP contribution in [0.2, 0.25) is 5.02 Å². The van der Waals surface area contributed by atoms with Crippen LogP contribution in [0.25, 0.3) is 0 Å². The first-order valence-corrected chi connectivity index (χ1v) is 6.52. The van der Waals surface area contributed by atoms with E-state index in [1.165, 1.54) is 0 Å². The Hall–Kier alpha value is -1.35. The molecule has 19 heavy (non-hydrogen) atoms. The van der Waals surface area contributed by atoms with E-state index in [0.29, 0.717) is 36.2 Å². The number of hydrogen-bond acceptors (Lipinski definition) is 5. The van der Waals surface area contributed by atoms with E-state index in [2.05, 4.69) is 10.3 Å². The van der Waals surface area contributed by atoms with Crippen molar-refractivity contribution in [3.8, 4) is 6.07 Å². The first-order chi connectivity index (χ1) is 9.29. The van der Waals surface area contributed by atoms with Crippen LogP contribution in [0, 0.1) is 11.3 Å². The Balaban J connectivity index is 2.18. The van der Waals surface area contributed by atoms with E-state index < -0.39 is 0 Å². The quantitative estimate of drug-likeness (QED) is 0.705. The Bertz CT molecular complexity index is 421. The van der Waals surface area contributed by atoms with E-state index in [1.807, 2.05) is 6.07 Å². The van der Waals surface area contributed by atoms with Crippen molar-refractivity contribution in [2.75, 3.05) is 38.8 Å². The van der Waals surface area contributed by atoms with E-state index in [0.717, 1.165) is 19.4 Å². The van der Waals surface area contributed by atoms with Crippen LogP contribution in [0.5, 0.6) is 0 Å². The second-order valence-electron chi connectivity index (χ2n) is 3.87. The van der Waals surface area contributed by atoms with Gasteiger partial charge < -0.3 is 14.8 Å². The van der Waals surface area contributed by atoms with Crippen molar-refractivity contribution in [3.63, 3.8) is 0 Å². The molecular formula is C13H18ClN3O2. The lowest BCUT2D eigenvalue weighted by molar-refractivity contribution is 0.0691. The second kappa shape index (κ2) is 9.56. The normalized spacial score (nSPS) is 10.2. The summed E-state index contributed by atoms with van der Waals surface area (Å²) in [5.74, 6) is 0.556. The topological polar surface area (TPSA) is 67.2 Å². The maximum absolute atomic E-state index is 8.84. The number of methoxy groups -OCH3 is 1. The van der Waals surface area contributed by atoms with Crippen LogP contribution in [-0.2, 0) is 9.47 Å². The maximum atomic E-state index is 8.84. The van der Waals surface area contributed by atoms with Crippen molar-refractivity contribution in [1.82, 2.24) is 4.98 Å². The number of hydrogen-bond donors (Lipinski definition) is 1. The molecule has 0 aromatic carbocycles. The van der Waals surface area contributed by atoms with Gasteiger partial charge in [0, 0.05) is 26.5 Å². The molecule has 0 bridgehead atoms. The summed E-state index contributed by atoms with van der Waals surface area (Å²) in [5.41, 5.74) is 0.432. The zero-order chi connectivity index (χ0) is 13.9. The predicted octanol–water partition coefficient (Wildman–Crippen LogP) is 2.46. The lowest BCUT2D eigenvalue weighted by Gasteiger charge is -2.08. The van der Waals surface area contributed by atoms with Gasteiger partial charge in [0.25, 0.3) is 0 Å². The minimum Gasteiger partial charge on any atom is -0.382 e. The molecule has 0 amide bonds. The molecule has 0 spiro atoms. The average molecular weight is 284 g/mol. The second-order valence-corrected chi connectivity index (χ2v) is 4.25. The number of nitrogens with one attached hydrogen (secondary N) is 1. The molecule has 1 rings (SSSR count). The number of pyridine rings is 1. The molecule has 104 valence electrons. The molecule has 0 radical (unpaired) electrons. The standard InChI is InChI=1S/C13H18ClN3O2/c1-18-8-9-19-7-3-2-5-16-13-12(14)11(10-15)4-6-17-13/h4,6H,2-3,5,7-9H2,1H3,(H,16,17). The summed E-state index contributed by atoms with van der Waals surface area (Å²) in [6.45, 7) is 2.71. The van der Waals surface area contributed by atoms with Gasteiger partial charge in [-0.25, -0.2) is 4.98 Å². The van der Waals surface area contributed by atoms with Gasteiger partial charge in [-0.2, -0.15) is 5.26 Å². The summed E-state index contributed by atoms with van der Waals surface area (Å²) < 4.78 is 10.2. The van der Waals surface area contributed by atoms with Gasteiger partial charge in [0.2, 0.25) is 0 Å². The molecule has 0 unspecified atom stereocenters.